The van der Waals surface area contributed by atoms with Crippen LogP contribution in [0.15, 0.2) is 48.0 Å². The summed E-state index contributed by atoms with van der Waals surface area (Å²) in [6, 6.07) is 11.6. The van der Waals surface area contributed by atoms with Gasteiger partial charge in [0.2, 0.25) is 0 Å². The number of benzene rings is 2. The molecule has 8 heteroatoms. The van der Waals surface area contributed by atoms with Gasteiger partial charge in [0, 0.05) is 27.1 Å². The Kier molecular flexibility index (Phi) is 5.91. The standard InChI is InChI=1S/C25H21Cl2N3O3/c1-13-8-9-18(12-21(13)27)30-24(32)19(23(31)28-25(30)33)11-17-10-14(2)29(16(17)4)22-7-5-6-20(26)15(22)3/h5-12H,1-4H3,(H,28,31,33)/b19-11-. The molecule has 1 aromatic heterocycles. The first-order valence-electron chi connectivity index (χ1n) is 10.2. The van der Waals surface area contributed by atoms with Crippen LogP contribution in [0.25, 0.3) is 11.8 Å². The number of rotatable bonds is 3. The number of nitrogens with one attached hydrogen (secondary N) is 1. The van der Waals surface area contributed by atoms with E-state index in [1.54, 1.807) is 12.1 Å². The summed E-state index contributed by atoms with van der Waals surface area (Å²) in [5.74, 6) is -1.46. The van der Waals surface area contributed by atoms with E-state index in [0.29, 0.717) is 15.6 Å². The number of aryl methyl sites for hydroxylation is 2. The third-order valence-electron chi connectivity index (χ3n) is 5.77. The van der Waals surface area contributed by atoms with Crippen LogP contribution in [0.3, 0.4) is 0 Å². The van der Waals surface area contributed by atoms with E-state index in [9.17, 15) is 14.4 Å². The Labute approximate surface area is 201 Å². The van der Waals surface area contributed by atoms with Crippen molar-refractivity contribution in [3.63, 3.8) is 0 Å². The number of amides is 4. The first kappa shape index (κ1) is 22.8. The number of urea groups is 1. The van der Waals surface area contributed by atoms with Crippen molar-refractivity contribution in [2.45, 2.75) is 27.7 Å². The molecule has 0 bridgehead atoms. The van der Waals surface area contributed by atoms with Crippen molar-refractivity contribution in [3.8, 4) is 5.69 Å². The fourth-order valence-electron chi connectivity index (χ4n) is 3.91. The Bertz CT molecular complexity index is 1370. The van der Waals surface area contributed by atoms with Crippen LogP contribution in [0.1, 0.15) is 28.1 Å². The number of hydrogen-bond acceptors (Lipinski definition) is 3. The van der Waals surface area contributed by atoms with Crippen LogP contribution in [0.4, 0.5) is 10.5 Å². The molecule has 33 heavy (non-hydrogen) atoms. The van der Waals surface area contributed by atoms with Crippen molar-refractivity contribution in [2.75, 3.05) is 4.90 Å². The molecule has 1 saturated heterocycles. The molecular weight excluding hydrogens is 461 g/mol. The van der Waals surface area contributed by atoms with Crippen molar-refractivity contribution in [1.82, 2.24) is 9.88 Å². The predicted molar refractivity (Wildman–Crippen MR) is 130 cm³/mol. The summed E-state index contributed by atoms with van der Waals surface area (Å²) in [5.41, 5.74) is 5.19. The fraction of sp³-hybridized carbons (Fsp3) is 0.160. The molecule has 3 aromatic rings. The highest BCUT2D eigenvalue weighted by molar-refractivity contribution is 6.39. The van der Waals surface area contributed by atoms with Crippen LogP contribution in [0.5, 0.6) is 0 Å². The summed E-state index contributed by atoms with van der Waals surface area (Å²) >= 11 is 12.5. The molecule has 0 radical (unpaired) electrons. The van der Waals surface area contributed by atoms with Crippen LogP contribution >= 0.6 is 23.2 Å². The minimum atomic E-state index is -0.818. The first-order valence-corrected chi connectivity index (χ1v) is 11.0. The molecule has 2 aromatic carbocycles. The Hall–Kier alpha value is -3.35. The summed E-state index contributed by atoms with van der Waals surface area (Å²) in [6.07, 6.45) is 1.51. The molecule has 0 saturated carbocycles. The number of barbiturate groups is 1. The third-order valence-corrected chi connectivity index (χ3v) is 6.58. The average Bonchev–Trinajstić information content (AvgIpc) is 3.03. The smallest absolute Gasteiger partial charge is 0.318 e. The number of carbonyl (C=O) groups is 3. The Morgan fingerprint density at radius 3 is 2.33 bits per heavy atom. The lowest BCUT2D eigenvalue weighted by atomic mass is 10.1. The summed E-state index contributed by atoms with van der Waals surface area (Å²) in [5, 5.41) is 3.30. The molecule has 4 rings (SSSR count). The maximum Gasteiger partial charge on any atom is 0.335 e. The van der Waals surface area contributed by atoms with E-state index >= 15 is 0 Å². The van der Waals surface area contributed by atoms with Gasteiger partial charge in [-0.1, -0.05) is 35.3 Å². The number of halogens is 2. The maximum absolute atomic E-state index is 13.2. The minimum absolute atomic E-state index is 0.144. The van der Waals surface area contributed by atoms with Crippen LogP contribution in [-0.4, -0.2) is 22.4 Å². The quantitative estimate of drug-likeness (QED) is 0.386. The van der Waals surface area contributed by atoms with Gasteiger partial charge in [0.15, 0.2) is 0 Å². The van der Waals surface area contributed by atoms with Gasteiger partial charge < -0.3 is 4.57 Å². The fourth-order valence-corrected chi connectivity index (χ4v) is 4.26. The van der Waals surface area contributed by atoms with Gasteiger partial charge in [-0.2, -0.15) is 0 Å². The van der Waals surface area contributed by atoms with Gasteiger partial charge in [0.25, 0.3) is 11.8 Å². The van der Waals surface area contributed by atoms with Crippen LogP contribution in [0.2, 0.25) is 10.0 Å². The molecule has 168 valence electrons. The molecule has 0 aliphatic carbocycles. The minimum Gasteiger partial charge on any atom is -0.318 e. The van der Waals surface area contributed by atoms with E-state index < -0.39 is 17.8 Å². The van der Waals surface area contributed by atoms with Crippen LogP contribution in [0, 0.1) is 27.7 Å². The van der Waals surface area contributed by atoms with E-state index in [1.165, 1.54) is 12.1 Å². The van der Waals surface area contributed by atoms with Crippen LogP contribution < -0.4 is 10.2 Å². The SMILES string of the molecule is Cc1ccc(N2C(=O)NC(=O)/C(=C/c3cc(C)n(-c4cccc(Cl)c4C)c3C)C2=O)cc1Cl. The van der Waals surface area contributed by atoms with E-state index in [2.05, 4.69) is 5.32 Å². The zero-order chi connectivity index (χ0) is 24.0. The molecule has 1 N–H and O–H groups in total. The Morgan fingerprint density at radius 1 is 0.909 bits per heavy atom. The summed E-state index contributed by atoms with van der Waals surface area (Å²) in [4.78, 5) is 39.2. The lowest BCUT2D eigenvalue weighted by molar-refractivity contribution is -0.122. The second-order valence-corrected chi connectivity index (χ2v) is 8.75. The van der Waals surface area contributed by atoms with E-state index in [1.807, 2.05) is 56.5 Å². The lowest BCUT2D eigenvalue weighted by Gasteiger charge is -2.26. The normalized spacial score (nSPS) is 15.4. The van der Waals surface area contributed by atoms with Crippen molar-refractivity contribution in [2.24, 2.45) is 0 Å². The molecule has 6 nitrogen and oxygen atoms in total. The van der Waals surface area contributed by atoms with Gasteiger partial charge >= 0.3 is 6.03 Å². The van der Waals surface area contributed by atoms with Gasteiger partial charge in [0.1, 0.15) is 5.57 Å². The maximum atomic E-state index is 13.2. The van der Waals surface area contributed by atoms with Crippen molar-refractivity contribution in [3.05, 3.63) is 86.2 Å². The highest BCUT2D eigenvalue weighted by atomic mass is 35.5. The summed E-state index contributed by atoms with van der Waals surface area (Å²) < 4.78 is 2.02. The molecule has 0 atom stereocenters. The zero-order valence-electron chi connectivity index (χ0n) is 18.5. The van der Waals surface area contributed by atoms with Gasteiger partial charge in [-0.25, -0.2) is 9.69 Å². The van der Waals surface area contributed by atoms with E-state index in [4.69, 9.17) is 23.2 Å². The average molecular weight is 482 g/mol. The highest BCUT2D eigenvalue weighted by Gasteiger charge is 2.37. The number of carbonyl (C=O) groups excluding carboxylic acids is 3. The molecule has 2 heterocycles. The number of imide groups is 2. The number of anilines is 1. The third kappa shape index (κ3) is 3.96. The van der Waals surface area contributed by atoms with Crippen molar-refractivity contribution < 1.29 is 14.4 Å². The zero-order valence-corrected chi connectivity index (χ0v) is 20.0. The second-order valence-electron chi connectivity index (χ2n) is 7.94. The van der Waals surface area contributed by atoms with Crippen LogP contribution in [-0.2, 0) is 9.59 Å². The number of hydrogen-bond donors (Lipinski definition) is 1. The van der Waals surface area contributed by atoms with Gasteiger partial charge in [0.05, 0.1) is 5.69 Å². The summed E-state index contributed by atoms with van der Waals surface area (Å²) in [7, 11) is 0. The Balaban J connectivity index is 1.79. The number of aromatic nitrogens is 1. The molecule has 1 aliphatic heterocycles. The second kappa shape index (κ2) is 8.54. The van der Waals surface area contributed by atoms with E-state index in [-0.39, 0.29) is 11.3 Å². The predicted octanol–water partition coefficient (Wildman–Crippen LogP) is 5.68. The van der Waals surface area contributed by atoms with Gasteiger partial charge in [-0.05, 0) is 80.8 Å². The van der Waals surface area contributed by atoms with Gasteiger partial charge in [-0.15, -0.1) is 0 Å². The molecule has 4 amide bonds. The first-order chi connectivity index (χ1) is 15.6. The molecule has 1 fully saturated rings. The topological polar surface area (TPSA) is 71.4 Å². The van der Waals surface area contributed by atoms with E-state index in [0.717, 1.165) is 33.1 Å². The number of nitrogens with zero attached hydrogens (tertiary/aromatic N) is 2. The summed E-state index contributed by atoms with van der Waals surface area (Å²) in [6.45, 7) is 7.58. The van der Waals surface area contributed by atoms with Crippen molar-refractivity contribution in [1.29, 1.82) is 0 Å². The lowest BCUT2D eigenvalue weighted by Crippen LogP contribution is -2.54. The van der Waals surface area contributed by atoms with Crippen molar-refractivity contribution >= 4 is 52.8 Å². The molecule has 0 spiro atoms. The van der Waals surface area contributed by atoms with Gasteiger partial charge in [-0.3, -0.25) is 14.9 Å². The Morgan fingerprint density at radius 2 is 1.64 bits per heavy atom. The highest BCUT2D eigenvalue weighted by Crippen LogP contribution is 2.30. The largest absolute Gasteiger partial charge is 0.335 e. The molecule has 1 aliphatic rings. The molecule has 0 unspecified atom stereocenters. The monoisotopic (exact) mass is 481 g/mol. The molecular formula is C25H21Cl2N3O3.